The zero-order chi connectivity index (χ0) is 12.8. The Morgan fingerprint density at radius 2 is 2.35 bits per heavy atom. The number of aromatic nitrogens is 2. The summed E-state index contributed by atoms with van der Waals surface area (Å²) in [6.07, 6.45) is 0.333. The Morgan fingerprint density at radius 3 is 2.88 bits per heavy atom. The topological polar surface area (TPSA) is 83.0 Å². The summed E-state index contributed by atoms with van der Waals surface area (Å²) in [5.41, 5.74) is 0. The molecule has 0 aromatic carbocycles. The molecule has 1 aromatic heterocycles. The quantitative estimate of drug-likeness (QED) is 0.735. The number of thioether (sulfide) groups is 1. The summed E-state index contributed by atoms with van der Waals surface area (Å²) in [4.78, 5) is 13.4. The first-order chi connectivity index (χ1) is 8.04. The molecular formula is C10H14N4O2S. The van der Waals surface area contributed by atoms with Crippen LogP contribution in [0.5, 0.6) is 0 Å². The maximum Gasteiger partial charge on any atom is 0.277 e. The Hall–Kier alpha value is -1.55. The first-order valence-electron chi connectivity index (χ1n) is 5.13. The van der Waals surface area contributed by atoms with Crippen LogP contribution in [0, 0.1) is 18.3 Å². The van der Waals surface area contributed by atoms with Crippen molar-refractivity contribution < 1.29 is 9.21 Å². The van der Waals surface area contributed by atoms with Gasteiger partial charge in [-0.05, 0) is 6.92 Å². The summed E-state index contributed by atoms with van der Waals surface area (Å²) in [7, 11) is 1.68. The summed E-state index contributed by atoms with van der Waals surface area (Å²) in [6.45, 7) is 3.90. The van der Waals surface area contributed by atoms with Crippen molar-refractivity contribution in [3.8, 4) is 6.07 Å². The lowest BCUT2D eigenvalue weighted by Crippen LogP contribution is -2.33. The van der Waals surface area contributed by atoms with Crippen molar-refractivity contribution in [1.82, 2.24) is 15.1 Å². The van der Waals surface area contributed by atoms with E-state index >= 15 is 0 Å². The van der Waals surface area contributed by atoms with Crippen LogP contribution in [0.2, 0.25) is 0 Å². The number of nitriles is 1. The van der Waals surface area contributed by atoms with Crippen LogP contribution in [0.4, 0.5) is 0 Å². The molecule has 1 atom stereocenters. The molecule has 0 aliphatic rings. The van der Waals surface area contributed by atoms with E-state index in [1.165, 1.54) is 16.7 Å². The number of aryl methyl sites for hydroxylation is 1. The molecular weight excluding hydrogens is 240 g/mol. The maximum atomic E-state index is 11.9. The van der Waals surface area contributed by atoms with Gasteiger partial charge >= 0.3 is 0 Å². The second kappa shape index (κ2) is 6.25. The normalized spacial score (nSPS) is 11.9. The summed E-state index contributed by atoms with van der Waals surface area (Å²) in [6, 6.07) is 2.00. The highest BCUT2D eigenvalue weighted by Crippen LogP contribution is 2.22. The predicted octanol–water partition coefficient (Wildman–Crippen LogP) is 1.23. The summed E-state index contributed by atoms with van der Waals surface area (Å²) >= 11 is 1.22. The van der Waals surface area contributed by atoms with Gasteiger partial charge in [0.15, 0.2) is 0 Å². The Morgan fingerprint density at radius 1 is 1.65 bits per heavy atom. The second-order valence-electron chi connectivity index (χ2n) is 3.51. The molecule has 0 unspecified atom stereocenters. The third-order valence-corrected chi connectivity index (χ3v) is 2.99. The van der Waals surface area contributed by atoms with Gasteiger partial charge in [0.05, 0.1) is 17.7 Å². The van der Waals surface area contributed by atoms with Gasteiger partial charge in [-0.1, -0.05) is 11.8 Å². The van der Waals surface area contributed by atoms with Gasteiger partial charge in [-0.3, -0.25) is 4.79 Å². The van der Waals surface area contributed by atoms with Gasteiger partial charge < -0.3 is 9.32 Å². The highest BCUT2D eigenvalue weighted by Gasteiger charge is 2.20. The van der Waals surface area contributed by atoms with Crippen molar-refractivity contribution in [3.05, 3.63) is 5.89 Å². The van der Waals surface area contributed by atoms with E-state index in [2.05, 4.69) is 10.2 Å². The third kappa shape index (κ3) is 4.07. The Labute approximate surface area is 104 Å². The van der Waals surface area contributed by atoms with Gasteiger partial charge in [-0.25, -0.2) is 0 Å². The van der Waals surface area contributed by atoms with Crippen LogP contribution in [0.15, 0.2) is 9.64 Å². The molecule has 0 aliphatic heterocycles. The molecule has 0 radical (unpaired) electrons. The van der Waals surface area contributed by atoms with Crippen LogP contribution in [-0.4, -0.2) is 39.8 Å². The molecule has 6 nitrogen and oxygen atoms in total. The maximum absolute atomic E-state index is 11.9. The largest absolute Gasteiger partial charge is 0.416 e. The van der Waals surface area contributed by atoms with Crippen molar-refractivity contribution in [1.29, 1.82) is 5.26 Å². The zero-order valence-corrected chi connectivity index (χ0v) is 10.8. The number of amides is 1. The van der Waals surface area contributed by atoms with E-state index in [4.69, 9.17) is 9.68 Å². The van der Waals surface area contributed by atoms with E-state index in [0.29, 0.717) is 24.1 Å². The fraction of sp³-hybridized carbons (Fsp3) is 0.600. The van der Waals surface area contributed by atoms with Crippen molar-refractivity contribution in [2.75, 3.05) is 13.6 Å². The smallest absolute Gasteiger partial charge is 0.277 e. The fourth-order valence-corrected chi connectivity index (χ4v) is 2.01. The van der Waals surface area contributed by atoms with Crippen molar-refractivity contribution in [2.24, 2.45) is 0 Å². The van der Waals surface area contributed by atoms with Gasteiger partial charge in [0, 0.05) is 20.5 Å². The number of hydrogen-bond donors (Lipinski definition) is 0. The number of hydrogen-bond acceptors (Lipinski definition) is 6. The molecule has 1 heterocycles. The van der Waals surface area contributed by atoms with Gasteiger partial charge in [-0.15, -0.1) is 10.2 Å². The lowest BCUT2D eigenvalue weighted by molar-refractivity contribution is -0.128. The summed E-state index contributed by atoms with van der Waals surface area (Å²) < 4.78 is 5.18. The molecule has 0 spiro atoms. The first-order valence-corrected chi connectivity index (χ1v) is 6.01. The monoisotopic (exact) mass is 254 g/mol. The van der Waals surface area contributed by atoms with Gasteiger partial charge in [0.25, 0.3) is 5.22 Å². The fourth-order valence-electron chi connectivity index (χ4n) is 1.17. The third-order valence-electron chi connectivity index (χ3n) is 2.07. The van der Waals surface area contributed by atoms with Crippen LogP contribution < -0.4 is 0 Å². The Balaban J connectivity index is 2.49. The first kappa shape index (κ1) is 13.5. The number of carbonyl (C=O) groups is 1. The number of rotatable bonds is 5. The molecule has 1 amide bonds. The van der Waals surface area contributed by atoms with Gasteiger partial charge in [0.1, 0.15) is 0 Å². The van der Waals surface area contributed by atoms with Crippen molar-refractivity contribution in [2.45, 2.75) is 30.7 Å². The van der Waals surface area contributed by atoms with E-state index in [-0.39, 0.29) is 11.2 Å². The summed E-state index contributed by atoms with van der Waals surface area (Å²) in [5.74, 6) is 0.422. The second-order valence-corrected chi connectivity index (χ2v) is 4.81. The molecule has 0 aliphatic carbocycles. The summed E-state index contributed by atoms with van der Waals surface area (Å²) in [5, 5.41) is 16.0. The standard InChI is InChI=1S/C10H14N4O2S/c1-7(9(15)14(3)6-4-5-11)17-10-13-12-8(2)16-10/h7H,4,6H2,1-3H3/t7-/m0/s1. The molecule has 1 rings (SSSR count). The lowest BCUT2D eigenvalue weighted by Gasteiger charge is -2.18. The molecule has 0 fully saturated rings. The van der Waals surface area contributed by atoms with E-state index in [1.807, 2.05) is 6.07 Å². The minimum absolute atomic E-state index is 0.0545. The highest BCUT2D eigenvalue weighted by atomic mass is 32.2. The van der Waals surface area contributed by atoms with Gasteiger partial charge in [-0.2, -0.15) is 5.26 Å². The molecule has 7 heteroatoms. The van der Waals surface area contributed by atoms with Gasteiger partial charge in [0.2, 0.25) is 11.8 Å². The van der Waals surface area contributed by atoms with E-state index in [0.717, 1.165) is 0 Å². The van der Waals surface area contributed by atoms with Crippen LogP contribution in [0.1, 0.15) is 19.2 Å². The molecule has 1 aromatic rings. The van der Waals surface area contributed by atoms with Crippen LogP contribution >= 0.6 is 11.8 Å². The Kier molecular flexibility index (Phi) is 4.97. The van der Waals surface area contributed by atoms with Crippen LogP contribution in [0.3, 0.4) is 0 Å². The average Bonchev–Trinajstić information content (AvgIpc) is 2.70. The van der Waals surface area contributed by atoms with E-state index < -0.39 is 0 Å². The molecule has 0 N–H and O–H groups in total. The van der Waals surface area contributed by atoms with Crippen molar-refractivity contribution >= 4 is 17.7 Å². The molecule has 0 saturated heterocycles. The minimum atomic E-state index is -0.307. The minimum Gasteiger partial charge on any atom is -0.416 e. The average molecular weight is 254 g/mol. The zero-order valence-electron chi connectivity index (χ0n) is 10.0. The highest BCUT2D eigenvalue weighted by molar-refractivity contribution is 8.00. The van der Waals surface area contributed by atoms with Crippen LogP contribution in [0.25, 0.3) is 0 Å². The molecule has 92 valence electrons. The molecule has 17 heavy (non-hydrogen) atoms. The van der Waals surface area contributed by atoms with E-state index in [1.54, 1.807) is 20.9 Å². The van der Waals surface area contributed by atoms with Crippen LogP contribution in [-0.2, 0) is 4.79 Å². The number of carbonyl (C=O) groups excluding carboxylic acids is 1. The molecule has 0 saturated carbocycles. The predicted molar refractivity (Wildman–Crippen MR) is 62.2 cm³/mol. The number of nitrogens with zero attached hydrogens (tertiary/aromatic N) is 4. The molecule has 0 bridgehead atoms. The van der Waals surface area contributed by atoms with E-state index in [9.17, 15) is 4.79 Å². The SMILES string of the molecule is Cc1nnc(S[C@@H](C)C(=O)N(C)CCC#N)o1. The Bertz CT molecular complexity index is 426. The lowest BCUT2D eigenvalue weighted by atomic mass is 10.3. The van der Waals surface area contributed by atoms with Crippen molar-refractivity contribution in [3.63, 3.8) is 0 Å².